The molecule has 6 heteroatoms. The molecule has 0 amide bonds. The van der Waals surface area contributed by atoms with Crippen LogP contribution in [0.25, 0.3) is 38.8 Å². The molecular formula is C63H61N4OPt-3. The number of rotatable bonds is 8. The van der Waals surface area contributed by atoms with Crippen LogP contribution in [0, 0.1) is 18.8 Å². The Labute approximate surface area is 424 Å². The first kappa shape index (κ1) is 47.6. The standard InChI is InChI=1S/C63H61N4O.Pt/c1-60(2,3)45-32-33-64-58(38-45)67-55-31-28-43(42-20-14-12-15-21-42)34-53(55)52-30-29-51(40-57(52)67)68-50-25-18-24-48(39-50)65-41-66(49-36-46(61(4,5)6)35-47(37-49)62(7,8)9)59-54(26-19-27-56(59)65)63(10,11)44-22-16-13-17-23-44;/h12-38,41H,1-11H3;/q-3;. The molecule has 7 aromatic carbocycles. The van der Waals surface area contributed by atoms with Gasteiger partial charge in [0, 0.05) is 66.8 Å². The summed E-state index contributed by atoms with van der Waals surface area (Å²) < 4.78 is 9.01. The fourth-order valence-electron chi connectivity index (χ4n) is 9.53. The molecule has 0 saturated heterocycles. The summed E-state index contributed by atoms with van der Waals surface area (Å²) in [6.45, 7) is 27.4. The van der Waals surface area contributed by atoms with Crippen molar-refractivity contribution in [2.24, 2.45) is 0 Å². The van der Waals surface area contributed by atoms with E-state index in [1.165, 1.54) is 33.4 Å². The third-order valence-corrected chi connectivity index (χ3v) is 13.7. The Morgan fingerprint density at radius 1 is 0.507 bits per heavy atom. The maximum absolute atomic E-state index is 6.79. The average molecular weight is 1090 g/mol. The third kappa shape index (κ3) is 9.03. The summed E-state index contributed by atoms with van der Waals surface area (Å²) in [7, 11) is 0. The van der Waals surface area contributed by atoms with Gasteiger partial charge in [0.1, 0.15) is 5.82 Å². The van der Waals surface area contributed by atoms with Crippen LogP contribution in [0.1, 0.15) is 104 Å². The van der Waals surface area contributed by atoms with E-state index < -0.39 is 0 Å². The molecule has 0 fully saturated rings. The van der Waals surface area contributed by atoms with Crippen molar-refractivity contribution in [2.45, 2.75) is 97.8 Å². The zero-order valence-electron chi connectivity index (χ0n) is 41.7. The van der Waals surface area contributed by atoms with Gasteiger partial charge in [-0.2, -0.15) is 12.1 Å². The van der Waals surface area contributed by atoms with Gasteiger partial charge in [-0.25, -0.2) is 4.98 Å². The van der Waals surface area contributed by atoms with Gasteiger partial charge in [-0.1, -0.05) is 173 Å². The fraction of sp³-hybridized carbons (Fsp3) is 0.238. The molecule has 3 heterocycles. The second-order valence-electron chi connectivity index (χ2n) is 22.0. The molecule has 0 atom stereocenters. The van der Waals surface area contributed by atoms with E-state index in [-0.39, 0.29) is 42.7 Å². The van der Waals surface area contributed by atoms with Crippen molar-refractivity contribution < 1.29 is 25.8 Å². The zero-order valence-corrected chi connectivity index (χ0v) is 44.0. The number of fused-ring (bicyclic) bond motifs is 4. The van der Waals surface area contributed by atoms with Crippen LogP contribution in [-0.4, -0.2) is 9.55 Å². The Morgan fingerprint density at radius 3 is 1.84 bits per heavy atom. The van der Waals surface area contributed by atoms with Gasteiger partial charge in [-0.05, 0) is 97.0 Å². The molecule has 0 aliphatic carbocycles. The predicted molar refractivity (Wildman–Crippen MR) is 284 cm³/mol. The maximum atomic E-state index is 6.79. The van der Waals surface area contributed by atoms with Crippen LogP contribution in [0.4, 0.5) is 22.7 Å². The Bertz CT molecular complexity index is 3300. The third-order valence-electron chi connectivity index (χ3n) is 13.7. The van der Waals surface area contributed by atoms with Crippen molar-refractivity contribution in [1.29, 1.82) is 0 Å². The van der Waals surface area contributed by atoms with Gasteiger partial charge in [0.15, 0.2) is 0 Å². The molecule has 2 aromatic heterocycles. The number of para-hydroxylation sites is 1. The first-order valence-electron chi connectivity index (χ1n) is 23.9. The minimum absolute atomic E-state index is 0. The molecule has 1 aliphatic heterocycles. The second-order valence-corrected chi connectivity index (χ2v) is 22.0. The molecule has 5 nitrogen and oxygen atoms in total. The van der Waals surface area contributed by atoms with Crippen molar-refractivity contribution in [3.05, 3.63) is 211 Å². The number of anilines is 4. The Kier molecular flexibility index (Phi) is 12.3. The summed E-state index contributed by atoms with van der Waals surface area (Å²) >= 11 is 0. The molecule has 10 rings (SSSR count). The number of hydrogen-bond acceptors (Lipinski definition) is 4. The number of hydrogen-bond donors (Lipinski definition) is 0. The first-order chi connectivity index (χ1) is 32.3. The molecule has 0 spiro atoms. The molecule has 0 radical (unpaired) electrons. The van der Waals surface area contributed by atoms with E-state index in [9.17, 15) is 0 Å². The molecule has 0 saturated carbocycles. The summed E-state index contributed by atoms with van der Waals surface area (Å²) in [6, 6.07) is 63.9. The summed E-state index contributed by atoms with van der Waals surface area (Å²) in [5.41, 5.74) is 14.4. The van der Waals surface area contributed by atoms with E-state index in [0.717, 1.165) is 55.9 Å². The SMILES string of the molecule is CC(C)(C)c1cc(N2[CH-]N(c3[c-]c(Oc4[c-]c5c(cc4)c4cc(-c6ccccc6)ccc4n5-c4cc(C(C)(C)C)ccn4)ccc3)c3cccc(C(C)(C)c4ccccc4)c32)cc(C(C)(C)C)c1.[Pt]. The van der Waals surface area contributed by atoms with E-state index in [1.807, 2.05) is 18.3 Å². The Hall–Kier alpha value is -6.42. The van der Waals surface area contributed by atoms with Crippen molar-refractivity contribution in [3.63, 3.8) is 0 Å². The second kappa shape index (κ2) is 17.8. The van der Waals surface area contributed by atoms with Crippen LogP contribution in [0.5, 0.6) is 11.5 Å². The maximum Gasteiger partial charge on any atom is 0.135 e. The topological polar surface area (TPSA) is 33.5 Å². The van der Waals surface area contributed by atoms with Gasteiger partial charge < -0.3 is 19.1 Å². The monoisotopic (exact) mass is 1080 g/mol. The zero-order chi connectivity index (χ0) is 47.8. The van der Waals surface area contributed by atoms with E-state index in [0.29, 0.717) is 11.5 Å². The number of nitrogens with zero attached hydrogens (tertiary/aromatic N) is 4. The molecule has 0 unspecified atom stereocenters. The quantitative estimate of drug-likeness (QED) is 0.142. The van der Waals surface area contributed by atoms with E-state index in [1.54, 1.807) is 0 Å². The predicted octanol–water partition coefficient (Wildman–Crippen LogP) is 16.9. The Morgan fingerprint density at radius 2 is 1.16 bits per heavy atom. The van der Waals surface area contributed by atoms with Gasteiger partial charge >= 0.3 is 0 Å². The Balaban J connectivity index is 0.00000593. The van der Waals surface area contributed by atoms with Crippen LogP contribution in [0.3, 0.4) is 0 Å². The van der Waals surface area contributed by atoms with Crippen molar-refractivity contribution >= 4 is 44.6 Å². The van der Waals surface area contributed by atoms with Crippen LogP contribution in [-0.2, 0) is 42.7 Å². The molecule has 1 aliphatic rings. The number of benzene rings is 7. The smallest absolute Gasteiger partial charge is 0.135 e. The van der Waals surface area contributed by atoms with Crippen LogP contribution in [0.2, 0.25) is 0 Å². The van der Waals surface area contributed by atoms with Gasteiger partial charge in [-0.15, -0.1) is 48.1 Å². The molecule has 0 bridgehead atoms. The minimum Gasteiger partial charge on any atom is -0.509 e. The molecule has 352 valence electrons. The fourth-order valence-corrected chi connectivity index (χ4v) is 9.53. The van der Waals surface area contributed by atoms with Gasteiger partial charge in [0.2, 0.25) is 0 Å². The molecule has 69 heavy (non-hydrogen) atoms. The molecular weight excluding hydrogens is 1020 g/mol. The number of aromatic nitrogens is 2. The normalized spacial score (nSPS) is 13.2. The van der Waals surface area contributed by atoms with Crippen LogP contribution in [0.15, 0.2) is 164 Å². The first-order valence-corrected chi connectivity index (χ1v) is 23.9. The van der Waals surface area contributed by atoms with E-state index >= 15 is 0 Å². The van der Waals surface area contributed by atoms with E-state index in [4.69, 9.17) is 9.72 Å². The summed E-state index contributed by atoms with van der Waals surface area (Å²) in [5.74, 6) is 2.04. The summed E-state index contributed by atoms with van der Waals surface area (Å²) in [5, 5.41) is 2.21. The van der Waals surface area contributed by atoms with Crippen LogP contribution < -0.4 is 14.5 Å². The van der Waals surface area contributed by atoms with Crippen molar-refractivity contribution in [1.82, 2.24) is 9.55 Å². The number of ether oxygens (including phenoxy) is 1. The van der Waals surface area contributed by atoms with E-state index in [2.05, 4.69) is 255 Å². The molecule has 9 aromatic rings. The molecule has 0 N–H and O–H groups in total. The summed E-state index contributed by atoms with van der Waals surface area (Å²) in [4.78, 5) is 9.60. The van der Waals surface area contributed by atoms with Crippen molar-refractivity contribution in [3.8, 4) is 28.4 Å². The van der Waals surface area contributed by atoms with Gasteiger partial charge in [0.05, 0.1) is 0 Å². The largest absolute Gasteiger partial charge is 0.509 e. The minimum atomic E-state index is -0.304. The van der Waals surface area contributed by atoms with Gasteiger partial charge in [0.25, 0.3) is 0 Å². The van der Waals surface area contributed by atoms with Gasteiger partial charge in [-0.3, -0.25) is 0 Å². The van der Waals surface area contributed by atoms with Crippen LogP contribution >= 0.6 is 0 Å². The average Bonchev–Trinajstić information content (AvgIpc) is 3.87. The number of pyridine rings is 1. The summed E-state index contributed by atoms with van der Waals surface area (Å²) in [6.07, 6.45) is 1.91. The van der Waals surface area contributed by atoms with Crippen molar-refractivity contribution in [2.75, 3.05) is 9.80 Å².